The molecule has 4 rings (SSSR count). The lowest BCUT2D eigenvalue weighted by Gasteiger charge is -2.11. The zero-order valence-electron chi connectivity index (χ0n) is 18.7. The molecule has 0 bridgehead atoms. The molecule has 0 atom stereocenters. The Balaban J connectivity index is 1.52. The van der Waals surface area contributed by atoms with E-state index >= 15 is 0 Å². The number of carbonyl (C=O) groups is 1. The van der Waals surface area contributed by atoms with Gasteiger partial charge in [0, 0.05) is 22.5 Å². The fraction of sp³-hybridized carbons (Fsp3) is 0.120. The van der Waals surface area contributed by atoms with E-state index in [1.165, 1.54) is 24.3 Å². The number of rotatable bonds is 6. The summed E-state index contributed by atoms with van der Waals surface area (Å²) in [6.07, 6.45) is 0. The summed E-state index contributed by atoms with van der Waals surface area (Å²) < 4.78 is 47.1. The highest BCUT2D eigenvalue weighted by Gasteiger charge is 2.17. The van der Waals surface area contributed by atoms with E-state index in [-0.39, 0.29) is 16.1 Å². The maximum absolute atomic E-state index is 13.8. The molecule has 1 aromatic heterocycles. The quantitative estimate of drug-likeness (QED) is 0.382. The van der Waals surface area contributed by atoms with Crippen LogP contribution in [0.3, 0.4) is 0 Å². The molecule has 0 saturated heterocycles. The Hall–Kier alpha value is -3.98. The minimum Gasteiger partial charge on any atom is -0.441 e. The first-order valence-corrected chi connectivity index (χ1v) is 11.9. The normalized spacial score (nSPS) is 11.3. The molecule has 0 unspecified atom stereocenters. The third-order valence-electron chi connectivity index (χ3n) is 5.23. The number of nitrogens with zero attached hydrogens (tertiary/aromatic N) is 1. The number of carbonyl (C=O) groups excluding carboxylic acids is 1. The van der Waals surface area contributed by atoms with Crippen molar-refractivity contribution in [1.29, 1.82) is 0 Å². The van der Waals surface area contributed by atoms with Crippen LogP contribution in [0.25, 0.3) is 11.5 Å². The largest absolute Gasteiger partial charge is 0.441 e. The Morgan fingerprint density at radius 3 is 2.38 bits per heavy atom. The van der Waals surface area contributed by atoms with Gasteiger partial charge >= 0.3 is 0 Å². The zero-order valence-corrected chi connectivity index (χ0v) is 19.5. The molecule has 4 aromatic rings. The maximum Gasteiger partial charge on any atom is 0.261 e. The van der Waals surface area contributed by atoms with Crippen LogP contribution in [-0.2, 0) is 10.0 Å². The summed E-state index contributed by atoms with van der Waals surface area (Å²) in [6, 6.07) is 16.7. The van der Waals surface area contributed by atoms with Crippen molar-refractivity contribution in [3.05, 3.63) is 95.1 Å². The van der Waals surface area contributed by atoms with Crippen molar-refractivity contribution in [3.8, 4) is 11.5 Å². The van der Waals surface area contributed by atoms with Crippen LogP contribution in [0, 0.1) is 26.6 Å². The molecule has 1 amide bonds. The van der Waals surface area contributed by atoms with Crippen molar-refractivity contribution in [3.63, 3.8) is 0 Å². The van der Waals surface area contributed by atoms with Crippen molar-refractivity contribution < 1.29 is 22.0 Å². The standard InChI is InChI=1S/C25H22FN3O4S/c1-15-10-11-22(14-23(15)26)34(31,32)29-21-9-4-6-18(12-21)24(30)28-20-8-5-7-19(13-20)25-27-16(2)17(3)33-25/h4-14,29H,1-3H3,(H,28,30). The topological polar surface area (TPSA) is 101 Å². The van der Waals surface area contributed by atoms with E-state index < -0.39 is 21.7 Å². The first-order valence-electron chi connectivity index (χ1n) is 10.4. The number of anilines is 2. The maximum atomic E-state index is 13.8. The van der Waals surface area contributed by atoms with Crippen LogP contribution >= 0.6 is 0 Å². The van der Waals surface area contributed by atoms with Crippen LogP contribution in [0.15, 0.2) is 76.0 Å². The third kappa shape index (κ3) is 4.99. The minimum atomic E-state index is -4.03. The van der Waals surface area contributed by atoms with Gasteiger partial charge in [-0.3, -0.25) is 9.52 Å². The zero-order chi connectivity index (χ0) is 24.5. The van der Waals surface area contributed by atoms with Gasteiger partial charge in [0.15, 0.2) is 0 Å². The molecule has 1 heterocycles. The number of hydrogen-bond acceptors (Lipinski definition) is 5. The first kappa shape index (κ1) is 23.2. The Labute approximate surface area is 196 Å². The number of aryl methyl sites for hydroxylation is 3. The van der Waals surface area contributed by atoms with Gasteiger partial charge < -0.3 is 9.73 Å². The summed E-state index contributed by atoms with van der Waals surface area (Å²) in [5, 5.41) is 2.79. The molecule has 0 radical (unpaired) electrons. The molecule has 0 saturated carbocycles. The van der Waals surface area contributed by atoms with E-state index in [0.717, 1.165) is 17.5 Å². The van der Waals surface area contributed by atoms with Crippen molar-refractivity contribution in [1.82, 2.24) is 4.98 Å². The second kappa shape index (κ2) is 9.11. The molecule has 0 aliphatic carbocycles. The summed E-state index contributed by atoms with van der Waals surface area (Å²) >= 11 is 0. The van der Waals surface area contributed by atoms with Gasteiger partial charge in [0.25, 0.3) is 15.9 Å². The van der Waals surface area contributed by atoms with Gasteiger partial charge in [-0.15, -0.1) is 0 Å². The monoisotopic (exact) mass is 479 g/mol. The minimum absolute atomic E-state index is 0.174. The predicted octanol–water partition coefficient (Wildman–Crippen LogP) is 5.46. The molecule has 2 N–H and O–H groups in total. The summed E-state index contributed by atoms with van der Waals surface area (Å²) in [5.41, 5.74) is 2.78. The van der Waals surface area contributed by atoms with E-state index in [1.54, 1.807) is 37.3 Å². The fourth-order valence-corrected chi connectivity index (χ4v) is 4.27. The van der Waals surface area contributed by atoms with Gasteiger partial charge in [-0.2, -0.15) is 0 Å². The van der Waals surface area contributed by atoms with Gasteiger partial charge in [-0.05, 0) is 74.9 Å². The lowest BCUT2D eigenvalue weighted by atomic mass is 10.1. The van der Waals surface area contributed by atoms with E-state index in [9.17, 15) is 17.6 Å². The number of amides is 1. The summed E-state index contributed by atoms with van der Waals surface area (Å²) in [7, 11) is -4.03. The molecule has 9 heteroatoms. The van der Waals surface area contributed by atoms with Gasteiger partial charge in [-0.1, -0.05) is 18.2 Å². The molecule has 0 spiro atoms. The molecule has 3 aromatic carbocycles. The molecule has 0 aliphatic rings. The van der Waals surface area contributed by atoms with Crippen molar-refractivity contribution in [2.24, 2.45) is 0 Å². The molecule has 7 nitrogen and oxygen atoms in total. The lowest BCUT2D eigenvalue weighted by molar-refractivity contribution is 0.102. The van der Waals surface area contributed by atoms with E-state index in [2.05, 4.69) is 15.0 Å². The van der Waals surface area contributed by atoms with Gasteiger partial charge in [0.05, 0.1) is 10.6 Å². The molecule has 0 aliphatic heterocycles. The summed E-state index contributed by atoms with van der Waals surface area (Å²) in [6.45, 7) is 5.22. The Kier molecular flexibility index (Phi) is 6.21. The van der Waals surface area contributed by atoms with Gasteiger partial charge in [0.2, 0.25) is 5.89 Å². The van der Waals surface area contributed by atoms with Crippen molar-refractivity contribution in [2.75, 3.05) is 10.0 Å². The highest BCUT2D eigenvalue weighted by Crippen LogP contribution is 2.25. The summed E-state index contributed by atoms with van der Waals surface area (Å²) in [5.74, 6) is 0.125. The van der Waals surface area contributed by atoms with E-state index in [1.807, 2.05) is 19.9 Å². The number of halogens is 1. The van der Waals surface area contributed by atoms with Gasteiger partial charge in [-0.25, -0.2) is 17.8 Å². The second-order valence-electron chi connectivity index (χ2n) is 7.79. The van der Waals surface area contributed by atoms with Crippen molar-refractivity contribution >= 4 is 27.3 Å². The Bertz CT molecular complexity index is 1480. The highest BCUT2D eigenvalue weighted by atomic mass is 32.2. The molecule has 174 valence electrons. The van der Waals surface area contributed by atoms with E-state index in [4.69, 9.17) is 4.42 Å². The van der Waals surface area contributed by atoms with Crippen LogP contribution in [0.4, 0.5) is 15.8 Å². The Morgan fingerprint density at radius 1 is 0.941 bits per heavy atom. The smallest absolute Gasteiger partial charge is 0.261 e. The number of oxazole rings is 1. The average Bonchev–Trinajstić information content (AvgIpc) is 3.14. The second-order valence-corrected chi connectivity index (χ2v) is 9.48. The fourth-order valence-electron chi connectivity index (χ4n) is 3.21. The molecule has 34 heavy (non-hydrogen) atoms. The number of aromatic nitrogens is 1. The SMILES string of the molecule is Cc1ccc(S(=O)(=O)Nc2cccc(C(=O)Nc3cccc(-c4nc(C)c(C)o4)c3)c2)cc1F. The van der Waals surface area contributed by atoms with Crippen LogP contribution in [-0.4, -0.2) is 19.3 Å². The average molecular weight is 480 g/mol. The third-order valence-corrected chi connectivity index (χ3v) is 6.61. The Morgan fingerprint density at radius 2 is 1.68 bits per heavy atom. The van der Waals surface area contributed by atoms with Crippen molar-refractivity contribution in [2.45, 2.75) is 25.7 Å². The van der Waals surface area contributed by atoms with Crippen LogP contribution < -0.4 is 10.0 Å². The number of sulfonamides is 1. The van der Waals surface area contributed by atoms with Crippen LogP contribution in [0.2, 0.25) is 0 Å². The van der Waals surface area contributed by atoms with Crippen LogP contribution in [0.5, 0.6) is 0 Å². The van der Waals surface area contributed by atoms with E-state index in [0.29, 0.717) is 22.7 Å². The number of benzene rings is 3. The molecular weight excluding hydrogens is 457 g/mol. The molecule has 0 fully saturated rings. The van der Waals surface area contributed by atoms with Gasteiger partial charge in [0.1, 0.15) is 11.6 Å². The molecular formula is C25H22FN3O4S. The predicted molar refractivity (Wildman–Crippen MR) is 128 cm³/mol. The first-order chi connectivity index (χ1) is 16.1. The number of hydrogen-bond donors (Lipinski definition) is 2. The highest BCUT2D eigenvalue weighted by molar-refractivity contribution is 7.92. The van der Waals surface area contributed by atoms with Crippen LogP contribution in [0.1, 0.15) is 27.4 Å². The lowest BCUT2D eigenvalue weighted by Crippen LogP contribution is -2.15. The summed E-state index contributed by atoms with van der Waals surface area (Å²) in [4.78, 5) is 17.0. The number of nitrogens with one attached hydrogen (secondary N) is 2.